The lowest BCUT2D eigenvalue weighted by molar-refractivity contribution is 0.0948. The lowest BCUT2D eigenvalue weighted by atomic mass is 9.64. The quantitative estimate of drug-likeness (QED) is 0.858. The van der Waals surface area contributed by atoms with Gasteiger partial charge in [0.05, 0.1) is 6.17 Å². The molecule has 3 nitrogen and oxygen atoms in total. The van der Waals surface area contributed by atoms with Crippen molar-refractivity contribution in [2.45, 2.75) is 43.7 Å². The minimum atomic E-state index is 0.196. The molecule has 1 aliphatic carbocycles. The van der Waals surface area contributed by atoms with E-state index in [9.17, 15) is 5.11 Å². The molecule has 2 fully saturated rings. The Hall–Kier alpha value is -1.84. The van der Waals surface area contributed by atoms with Gasteiger partial charge in [-0.2, -0.15) is 0 Å². The van der Waals surface area contributed by atoms with Gasteiger partial charge in [0, 0.05) is 24.9 Å². The van der Waals surface area contributed by atoms with E-state index in [0.717, 1.165) is 19.5 Å². The summed E-state index contributed by atoms with van der Waals surface area (Å²) in [5.41, 5.74) is 2.94. The summed E-state index contributed by atoms with van der Waals surface area (Å²) in [6.45, 7) is 2.25. The predicted molar refractivity (Wildman–Crippen MR) is 111 cm³/mol. The van der Waals surface area contributed by atoms with Gasteiger partial charge in [-0.15, -0.1) is 0 Å². The average Bonchev–Trinajstić information content (AvgIpc) is 3.07. The molecule has 0 radical (unpaired) electrons. The minimum Gasteiger partial charge on any atom is -0.508 e. The second-order valence-corrected chi connectivity index (χ2v) is 8.71. The van der Waals surface area contributed by atoms with Gasteiger partial charge in [-0.25, -0.2) is 0 Å². The van der Waals surface area contributed by atoms with E-state index < -0.39 is 0 Å². The fraction of sp³-hybridized carbons (Fsp3) is 0.500. The molecule has 3 atom stereocenters. The van der Waals surface area contributed by atoms with Gasteiger partial charge in [-0.3, -0.25) is 9.80 Å². The largest absolute Gasteiger partial charge is 0.508 e. The third kappa shape index (κ3) is 3.63. The monoisotopic (exact) mass is 364 g/mol. The lowest BCUT2D eigenvalue weighted by Gasteiger charge is -2.40. The number of benzene rings is 2. The van der Waals surface area contributed by atoms with Crippen molar-refractivity contribution in [3.8, 4) is 5.75 Å². The van der Waals surface area contributed by atoms with Gasteiger partial charge >= 0.3 is 0 Å². The summed E-state index contributed by atoms with van der Waals surface area (Å²) in [7, 11) is 4.41. The number of hydrogen-bond donors (Lipinski definition) is 1. The average molecular weight is 365 g/mol. The number of phenolic OH excluding ortho intramolecular Hbond substituents is 1. The third-order valence-electron chi connectivity index (χ3n) is 6.85. The van der Waals surface area contributed by atoms with Crippen LogP contribution in [-0.2, 0) is 11.8 Å². The Bertz CT molecular complexity index is 760. The van der Waals surface area contributed by atoms with Crippen molar-refractivity contribution < 1.29 is 5.11 Å². The van der Waals surface area contributed by atoms with Crippen LogP contribution in [0.2, 0.25) is 0 Å². The topological polar surface area (TPSA) is 26.7 Å². The van der Waals surface area contributed by atoms with E-state index >= 15 is 0 Å². The Morgan fingerprint density at radius 2 is 1.93 bits per heavy atom. The van der Waals surface area contributed by atoms with Gasteiger partial charge in [-0.05, 0) is 56.1 Å². The molecule has 144 valence electrons. The van der Waals surface area contributed by atoms with Crippen LogP contribution in [0.4, 0.5) is 0 Å². The molecular weight excluding hydrogens is 332 g/mol. The molecule has 4 rings (SSSR count). The Morgan fingerprint density at radius 3 is 2.67 bits per heavy atom. The van der Waals surface area contributed by atoms with Gasteiger partial charge in [0.25, 0.3) is 0 Å². The normalized spacial score (nSPS) is 26.9. The van der Waals surface area contributed by atoms with Crippen LogP contribution < -0.4 is 0 Å². The van der Waals surface area contributed by atoms with Crippen LogP contribution in [0, 0.1) is 5.92 Å². The van der Waals surface area contributed by atoms with E-state index in [1.807, 2.05) is 12.1 Å². The molecule has 0 bridgehead atoms. The maximum atomic E-state index is 10.1. The van der Waals surface area contributed by atoms with E-state index in [1.165, 1.54) is 36.8 Å². The SMILES string of the molecule is CN(C)C(Cc1ccccc1)N1CC2CCCCC2(c2cccc(O)c2)C1. The summed E-state index contributed by atoms with van der Waals surface area (Å²) in [6.07, 6.45) is 6.64. The molecule has 27 heavy (non-hydrogen) atoms. The van der Waals surface area contributed by atoms with Crippen LogP contribution in [0.15, 0.2) is 54.6 Å². The highest BCUT2D eigenvalue weighted by Crippen LogP contribution is 2.49. The van der Waals surface area contributed by atoms with Crippen molar-refractivity contribution in [1.82, 2.24) is 9.80 Å². The number of likely N-dealkylation sites (N-methyl/N-ethyl adjacent to an activating group) is 1. The molecule has 2 aliphatic rings. The fourth-order valence-corrected chi connectivity index (χ4v) is 5.47. The molecule has 2 aromatic carbocycles. The Morgan fingerprint density at radius 1 is 1.11 bits per heavy atom. The zero-order chi connectivity index (χ0) is 18.9. The highest BCUT2D eigenvalue weighted by atomic mass is 16.3. The lowest BCUT2D eigenvalue weighted by Crippen LogP contribution is -2.46. The first kappa shape index (κ1) is 18.5. The number of rotatable bonds is 5. The summed E-state index contributed by atoms with van der Waals surface area (Å²) in [6, 6.07) is 18.9. The molecular formula is C24H32N2O. The van der Waals surface area contributed by atoms with Crippen LogP contribution >= 0.6 is 0 Å². The van der Waals surface area contributed by atoms with Crippen LogP contribution in [0.1, 0.15) is 36.8 Å². The molecule has 1 aliphatic heterocycles. The summed E-state index contributed by atoms with van der Waals surface area (Å²) in [5.74, 6) is 1.09. The van der Waals surface area contributed by atoms with Crippen LogP contribution in [0.5, 0.6) is 5.75 Å². The molecule has 0 aromatic heterocycles. The zero-order valence-corrected chi connectivity index (χ0v) is 16.6. The van der Waals surface area contributed by atoms with Crippen molar-refractivity contribution in [3.63, 3.8) is 0 Å². The minimum absolute atomic E-state index is 0.196. The molecule has 1 saturated carbocycles. The highest BCUT2D eigenvalue weighted by Gasteiger charge is 2.50. The van der Waals surface area contributed by atoms with Gasteiger partial charge in [0.2, 0.25) is 0 Å². The van der Waals surface area contributed by atoms with E-state index in [-0.39, 0.29) is 5.41 Å². The molecule has 0 amide bonds. The molecule has 1 heterocycles. The summed E-state index contributed by atoms with van der Waals surface area (Å²) < 4.78 is 0. The van der Waals surface area contributed by atoms with Crippen LogP contribution in [0.3, 0.4) is 0 Å². The first-order valence-corrected chi connectivity index (χ1v) is 10.3. The Kier molecular flexibility index (Phi) is 5.25. The van der Waals surface area contributed by atoms with Gasteiger partial charge in [0.15, 0.2) is 0 Å². The van der Waals surface area contributed by atoms with Crippen molar-refractivity contribution in [3.05, 3.63) is 65.7 Å². The number of aromatic hydroxyl groups is 1. The second kappa shape index (κ2) is 7.65. The maximum Gasteiger partial charge on any atom is 0.115 e. The summed E-state index contributed by atoms with van der Waals surface area (Å²) in [4.78, 5) is 5.08. The summed E-state index contributed by atoms with van der Waals surface area (Å²) >= 11 is 0. The van der Waals surface area contributed by atoms with Crippen molar-refractivity contribution >= 4 is 0 Å². The summed E-state index contributed by atoms with van der Waals surface area (Å²) in [5, 5.41) is 10.1. The van der Waals surface area contributed by atoms with E-state index in [4.69, 9.17) is 0 Å². The molecule has 3 heteroatoms. The van der Waals surface area contributed by atoms with Crippen LogP contribution in [-0.4, -0.2) is 48.3 Å². The van der Waals surface area contributed by atoms with Crippen LogP contribution in [0.25, 0.3) is 0 Å². The number of likely N-dealkylation sites (tertiary alicyclic amines) is 1. The zero-order valence-electron chi connectivity index (χ0n) is 16.6. The van der Waals surface area contributed by atoms with E-state index in [2.05, 4.69) is 60.3 Å². The molecule has 1 N–H and O–H groups in total. The predicted octanol–water partition coefficient (Wildman–Crippen LogP) is 4.27. The van der Waals surface area contributed by atoms with Gasteiger partial charge < -0.3 is 5.11 Å². The molecule has 3 unspecified atom stereocenters. The Balaban J connectivity index is 1.63. The maximum absolute atomic E-state index is 10.1. The van der Waals surface area contributed by atoms with E-state index in [0.29, 0.717) is 17.8 Å². The van der Waals surface area contributed by atoms with E-state index in [1.54, 1.807) is 6.07 Å². The smallest absolute Gasteiger partial charge is 0.115 e. The highest BCUT2D eigenvalue weighted by molar-refractivity contribution is 5.36. The number of hydrogen-bond acceptors (Lipinski definition) is 3. The first-order chi connectivity index (χ1) is 13.1. The van der Waals surface area contributed by atoms with Gasteiger partial charge in [0.1, 0.15) is 5.75 Å². The third-order valence-corrected chi connectivity index (χ3v) is 6.85. The number of phenols is 1. The van der Waals surface area contributed by atoms with Crippen molar-refractivity contribution in [2.24, 2.45) is 5.92 Å². The number of fused-ring (bicyclic) bond motifs is 1. The van der Waals surface area contributed by atoms with Crippen molar-refractivity contribution in [2.75, 3.05) is 27.2 Å². The fourth-order valence-electron chi connectivity index (χ4n) is 5.47. The second-order valence-electron chi connectivity index (χ2n) is 8.71. The first-order valence-electron chi connectivity index (χ1n) is 10.3. The molecule has 1 saturated heterocycles. The van der Waals surface area contributed by atoms with Crippen molar-refractivity contribution in [1.29, 1.82) is 0 Å². The standard InChI is InChI=1S/C24H32N2O/c1-25(2)23(15-19-9-4-3-5-10-19)26-17-21-11-6-7-14-24(21,18-26)20-12-8-13-22(27)16-20/h3-5,8-10,12-13,16,21,23,27H,6-7,11,14-15,17-18H2,1-2H3. The molecule has 0 spiro atoms. The number of nitrogens with zero attached hydrogens (tertiary/aromatic N) is 2. The molecule has 2 aromatic rings. The van der Waals surface area contributed by atoms with Gasteiger partial charge in [-0.1, -0.05) is 55.3 Å². The Labute approximate surface area is 163 Å².